The minimum Gasteiger partial charge on any atom is -0.508 e. The number of hydrogen-bond acceptors (Lipinski definition) is 3. The predicted molar refractivity (Wildman–Crippen MR) is 82.0 cm³/mol. The maximum Gasteiger partial charge on any atom is 0.115 e. The van der Waals surface area contributed by atoms with E-state index in [2.05, 4.69) is 17.1 Å². The number of phenols is 1. The maximum absolute atomic E-state index is 9.29. The van der Waals surface area contributed by atoms with Gasteiger partial charge in [-0.25, -0.2) is 0 Å². The van der Waals surface area contributed by atoms with Crippen molar-refractivity contribution in [3.63, 3.8) is 0 Å². The van der Waals surface area contributed by atoms with E-state index in [1.54, 1.807) is 12.1 Å². The van der Waals surface area contributed by atoms with E-state index in [9.17, 15) is 5.11 Å². The molecule has 2 heterocycles. The number of fused-ring (bicyclic) bond motifs is 1. The zero-order valence-corrected chi connectivity index (χ0v) is 12.4. The predicted octanol–water partition coefficient (Wildman–Crippen LogP) is 2.54. The van der Waals surface area contributed by atoms with Crippen LogP contribution in [0.2, 0.25) is 0 Å². The average Bonchev–Trinajstić information content (AvgIpc) is 3.03. The summed E-state index contributed by atoms with van der Waals surface area (Å²) in [5.41, 5.74) is 1.31. The Morgan fingerprint density at radius 2 is 2.05 bits per heavy atom. The summed E-state index contributed by atoms with van der Waals surface area (Å²) in [6.07, 6.45) is 6.31. The number of aryl methyl sites for hydroxylation is 1. The molecule has 2 fully saturated rings. The fourth-order valence-corrected chi connectivity index (χ4v) is 3.77. The quantitative estimate of drug-likeness (QED) is 0.866. The van der Waals surface area contributed by atoms with Crippen molar-refractivity contribution in [3.05, 3.63) is 29.8 Å². The monoisotopic (exact) mass is 274 g/mol. The Hall–Kier alpha value is -1.06. The van der Waals surface area contributed by atoms with Gasteiger partial charge >= 0.3 is 0 Å². The van der Waals surface area contributed by atoms with Crippen LogP contribution in [0.5, 0.6) is 5.75 Å². The average molecular weight is 274 g/mol. The van der Waals surface area contributed by atoms with E-state index in [0.29, 0.717) is 17.8 Å². The molecule has 0 saturated carbocycles. The molecule has 2 saturated heterocycles. The van der Waals surface area contributed by atoms with Gasteiger partial charge in [-0.15, -0.1) is 0 Å². The van der Waals surface area contributed by atoms with Crippen molar-refractivity contribution in [2.24, 2.45) is 0 Å². The lowest BCUT2D eigenvalue weighted by molar-refractivity contribution is 0.288. The number of aromatic hydroxyl groups is 1. The zero-order chi connectivity index (χ0) is 13.9. The maximum atomic E-state index is 9.29. The van der Waals surface area contributed by atoms with E-state index >= 15 is 0 Å². The van der Waals surface area contributed by atoms with E-state index < -0.39 is 0 Å². The van der Waals surface area contributed by atoms with Crippen LogP contribution in [0.15, 0.2) is 24.3 Å². The second-order valence-electron chi connectivity index (χ2n) is 6.41. The lowest BCUT2D eigenvalue weighted by atomic mass is 10.0. The van der Waals surface area contributed by atoms with Crippen LogP contribution in [0.25, 0.3) is 0 Å². The van der Waals surface area contributed by atoms with Gasteiger partial charge in [0.2, 0.25) is 0 Å². The molecular weight excluding hydrogens is 248 g/mol. The molecule has 2 N–H and O–H groups in total. The summed E-state index contributed by atoms with van der Waals surface area (Å²) >= 11 is 0. The molecule has 2 aliphatic rings. The van der Waals surface area contributed by atoms with E-state index in [0.717, 1.165) is 18.9 Å². The van der Waals surface area contributed by atoms with E-state index in [1.165, 1.54) is 37.9 Å². The summed E-state index contributed by atoms with van der Waals surface area (Å²) in [5, 5.41) is 13.1. The fraction of sp³-hybridized carbons (Fsp3) is 0.647. The number of hydrogen-bond donors (Lipinski definition) is 2. The van der Waals surface area contributed by atoms with Gasteiger partial charge in [0.1, 0.15) is 5.75 Å². The largest absolute Gasteiger partial charge is 0.508 e. The van der Waals surface area contributed by atoms with Gasteiger partial charge in [-0.1, -0.05) is 12.1 Å². The van der Waals surface area contributed by atoms with Crippen LogP contribution < -0.4 is 5.32 Å². The Bertz CT molecular complexity index is 431. The number of nitrogens with zero attached hydrogens (tertiary/aromatic N) is 1. The third-order valence-electron chi connectivity index (χ3n) is 4.91. The molecule has 110 valence electrons. The minimum absolute atomic E-state index is 0.354. The zero-order valence-electron chi connectivity index (χ0n) is 12.4. The van der Waals surface area contributed by atoms with Crippen molar-refractivity contribution in [1.82, 2.24) is 10.2 Å². The summed E-state index contributed by atoms with van der Waals surface area (Å²) in [7, 11) is 0. The Kier molecular flexibility index (Phi) is 4.27. The number of rotatable bonds is 5. The SMILES string of the molecule is CC(CCc1ccc(O)cc1)NC1CCN2CCCC12. The number of nitrogens with one attached hydrogen (secondary N) is 1. The van der Waals surface area contributed by atoms with Crippen molar-refractivity contribution < 1.29 is 5.11 Å². The van der Waals surface area contributed by atoms with Gasteiger partial charge in [0.05, 0.1) is 0 Å². The van der Waals surface area contributed by atoms with Crippen molar-refractivity contribution in [3.8, 4) is 5.75 Å². The van der Waals surface area contributed by atoms with E-state index in [1.807, 2.05) is 12.1 Å². The highest BCUT2D eigenvalue weighted by atomic mass is 16.3. The van der Waals surface area contributed by atoms with Gasteiger partial charge in [-0.05, 0) is 63.3 Å². The van der Waals surface area contributed by atoms with Crippen LogP contribution in [-0.4, -0.2) is 41.2 Å². The highest BCUT2D eigenvalue weighted by Crippen LogP contribution is 2.28. The first-order chi connectivity index (χ1) is 9.72. The summed E-state index contributed by atoms with van der Waals surface area (Å²) < 4.78 is 0. The number of phenolic OH excluding ortho intramolecular Hbond substituents is 1. The lowest BCUT2D eigenvalue weighted by Crippen LogP contribution is -2.43. The molecule has 3 heteroatoms. The van der Waals surface area contributed by atoms with Crippen molar-refractivity contribution in [2.75, 3.05) is 13.1 Å². The molecule has 1 aromatic rings. The number of benzene rings is 1. The van der Waals surface area contributed by atoms with Crippen molar-refractivity contribution in [2.45, 2.75) is 57.2 Å². The van der Waals surface area contributed by atoms with Crippen LogP contribution in [0.4, 0.5) is 0 Å². The molecule has 0 spiro atoms. The molecule has 0 aromatic heterocycles. The van der Waals surface area contributed by atoms with Gasteiger partial charge < -0.3 is 10.4 Å². The Morgan fingerprint density at radius 3 is 2.85 bits per heavy atom. The molecular formula is C17H26N2O. The van der Waals surface area contributed by atoms with Crippen molar-refractivity contribution in [1.29, 1.82) is 0 Å². The first-order valence-corrected chi connectivity index (χ1v) is 8.00. The first kappa shape index (κ1) is 13.9. The third kappa shape index (κ3) is 3.15. The fourth-order valence-electron chi connectivity index (χ4n) is 3.77. The Labute approximate surface area is 122 Å². The molecule has 3 nitrogen and oxygen atoms in total. The smallest absolute Gasteiger partial charge is 0.115 e. The van der Waals surface area contributed by atoms with Crippen LogP contribution >= 0.6 is 0 Å². The summed E-state index contributed by atoms with van der Waals surface area (Å²) in [6.45, 7) is 4.90. The van der Waals surface area contributed by atoms with Crippen LogP contribution in [-0.2, 0) is 6.42 Å². The lowest BCUT2D eigenvalue weighted by Gasteiger charge is -2.25. The molecule has 3 rings (SSSR count). The van der Waals surface area contributed by atoms with E-state index in [4.69, 9.17) is 0 Å². The second kappa shape index (κ2) is 6.15. The highest BCUT2D eigenvalue weighted by molar-refractivity contribution is 5.25. The summed E-state index contributed by atoms with van der Waals surface area (Å²) in [4.78, 5) is 2.66. The van der Waals surface area contributed by atoms with Gasteiger partial charge in [0, 0.05) is 24.7 Å². The molecule has 0 amide bonds. The van der Waals surface area contributed by atoms with Gasteiger partial charge in [0.25, 0.3) is 0 Å². The minimum atomic E-state index is 0.354. The summed E-state index contributed by atoms with van der Waals surface area (Å²) in [6, 6.07) is 9.67. The molecule has 0 aliphatic carbocycles. The van der Waals surface area contributed by atoms with Gasteiger partial charge in [-0.3, -0.25) is 4.90 Å². The van der Waals surface area contributed by atoms with E-state index in [-0.39, 0.29) is 0 Å². The highest BCUT2D eigenvalue weighted by Gasteiger charge is 2.37. The van der Waals surface area contributed by atoms with Crippen LogP contribution in [0.1, 0.15) is 38.2 Å². The van der Waals surface area contributed by atoms with Gasteiger partial charge in [0.15, 0.2) is 0 Å². The normalized spacial score (nSPS) is 27.6. The van der Waals surface area contributed by atoms with Crippen LogP contribution in [0, 0.1) is 0 Å². The van der Waals surface area contributed by atoms with Crippen molar-refractivity contribution >= 4 is 0 Å². The Morgan fingerprint density at radius 1 is 1.25 bits per heavy atom. The topological polar surface area (TPSA) is 35.5 Å². The molecule has 3 unspecified atom stereocenters. The molecule has 20 heavy (non-hydrogen) atoms. The third-order valence-corrected chi connectivity index (χ3v) is 4.91. The molecule has 0 radical (unpaired) electrons. The molecule has 3 atom stereocenters. The van der Waals surface area contributed by atoms with Crippen LogP contribution in [0.3, 0.4) is 0 Å². The standard InChI is InChI=1S/C17H26N2O/c1-13(4-5-14-6-8-15(20)9-7-14)18-16-10-12-19-11-2-3-17(16)19/h6-9,13,16-18,20H,2-5,10-12H2,1H3. The first-order valence-electron chi connectivity index (χ1n) is 8.00. The van der Waals surface area contributed by atoms with Gasteiger partial charge in [-0.2, -0.15) is 0 Å². The molecule has 2 aliphatic heterocycles. The Balaban J connectivity index is 1.45. The second-order valence-corrected chi connectivity index (χ2v) is 6.41. The molecule has 0 bridgehead atoms. The molecule has 1 aromatic carbocycles. The summed E-state index contributed by atoms with van der Waals surface area (Å²) in [5.74, 6) is 0.354.